The second-order valence-electron chi connectivity index (χ2n) is 5.80. The largest absolute Gasteiger partial charge is 0.477 e. The van der Waals surface area contributed by atoms with Gasteiger partial charge in [0.25, 0.3) is 5.91 Å². The van der Waals surface area contributed by atoms with E-state index in [2.05, 4.69) is 4.98 Å². The number of hydrogen-bond acceptors (Lipinski definition) is 5. The van der Waals surface area contributed by atoms with Gasteiger partial charge < -0.3 is 18.8 Å². The van der Waals surface area contributed by atoms with E-state index in [1.165, 1.54) is 0 Å². The Balaban J connectivity index is 1.79. The molecule has 1 saturated heterocycles. The highest BCUT2D eigenvalue weighted by Crippen LogP contribution is 2.26. The third kappa shape index (κ3) is 3.43. The van der Waals surface area contributed by atoms with Crippen LogP contribution in [0.5, 0.6) is 5.88 Å². The van der Waals surface area contributed by atoms with Crippen LogP contribution in [-0.2, 0) is 4.74 Å². The first kappa shape index (κ1) is 16.5. The van der Waals surface area contributed by atoms with Crippen molar-refractivity contribution in [2.45, 2.75) is 26.9 Å². The molecule has 1 aliphatic heterocycles. The number of pyridine rings is 1. The molecular formula is C18H22N2O4. The number of aromatic nitrogens is 1. The lowest BCUT2D eigenvalue weighted by atomic mass is 10.1. The number of hydrogen-bond donors (Lipinski definition) is 0. The number of aryl methyl sites for hydroxylation is 2. The molecule has 6 heteroatoms. The van der Waals surface area contributed by atoms with E-state index in [0.717, 1.165) is 17.2 Å². The van der Waals surface area contributed by atoms with Crippen molar-refractivity contribution in [3.63, 3.8) is 0 Å². The van der Waals surface area contributed by atoms with Gasteiger partial charge in [0.2, 0.25) is 5.88 Å². The highest BCUT2D eigenvalue weighted by Gasteiger charge is 2.29. The van der Waals surface area contributed by atoms with Crippen LogP contribution in [0.25, 0.3) is 0 Å². The van der Waals surface area contributed by atoms with Crippen molar-refractivity contribution in [1.29, 1.82) is 0 Å². The number of nitrogens with zero attached hydrogens (tertiary/aromatic N) is 2. The van der Waals surface area contributed by atoms with Gasteiger partial charge in [0.05, 0.1) is 19.8 Å². The predicted octanol–water partition coefficient (Wildman–Crippen LogP) is 2.90. The monoisotopic (exact) mass is 330 g/mol. The number of furan rings is 1. The Morgan fingerprint density at radius 2 is 2.17 bits per heavy atom. The maximum Gasteiger partial charge on any atom is 0.259 e. The predicted molar refractivity (Wildman–Crippen MR) is 88.2 cm³/mol. The van der Waals surface area contributed by atoms with Gasteiger partial charge in [0.15, 0.2) is 0 Å². The van der Waals surface area contributed by atoms with Gasteiger partial charge in [-0.25, -0.2) is 4.98 Å². The SMILES string of the molecule is CCOc1nc(C)ccc1C(=O)N1CCOC(c2ccc(C)o2)C1. The van der Waals surface area contributed by atoms with E-state index in [-0.39, 0.29) is 12.0 Å². The summed E-state index contributed by atoms with van der Waals surface area (Å²) in [6.07, 6.45) is -0.245. The number of rotatable bonds is 4. The fraction of sp³-hybridized carbons (Fsp3) is 0.444. The lowest BCUT2D eigenvalue weighted by molar-refractivity contribution is -0.0325. The van der Waals surface area contributed by atoms with Crippen LogP contribution in [0.4, 0.5) is 0 Å². The average molecular weight is 330 g/mol. The normalized spacial score (nSPS) is 17.8. The topological polar surface area (TPSA) is 64.8 Å². The van der Waals surface area contributed by atoms with E-state index in [1.807, 2.05) is 39.0 Å². The molecule has 24 heavy (non-hydrogen) atoms. The van der Waals surface area contributed by atoms with Crippen LogP contribution in [0.3, 0.4) is 0 Å². The van der Waals surface area contributed by atoms with Crippen molar-refractivity contribution in [2.24, 2.45) is 0 Å². The molecule has 2 aromatic rings. The molecule has 0 saturated carbocycles. The maximum atomic E-state index is 12.9. The minimum atomic E-state index is -0.245. The maximum absolute atomic E-state index is 12.9. The van der Waals surface area contributed by atoms with Crippen molar-refractivity contribution >= 4 is 5.91 Å². The van der Waals surface area contributed by atoms with Gasteiger partial charge in [-0.2, -0.15) is 0 Å². The van der Waals surface area contributed by atoms with Gasteiger partial charge >= 0.3 is 0 Å². The van der Waals surface area contributed by atoms with Crippen molar-refractivity contribution in [1.82, 2.24) is 9.88 Å². The molecule has 1 atom stereocenters. The van der Waals surface area contributed by atoms with Crippen molar-refractivity contribution < 1.29 is 18.7 Å². The summed E-state index contributed by atoms with van der Waals surface area (Å²) < 4.78 is 16.9. The minimum absolute atomic E-state index is 0.0949. The van der Waals surface area contributed by atoms with Crippen LogP contribution >= 0.6 is 0 Å². The summed E-state index contributed by atoms with van der Waals surface area (Å²) in [5.74, 6) is 1.87. The molecular weight excluding hydrogens is 308 g/mol. The number of amides is 1. The number of carbonyl (C=O) groups excluding carboxylic acids is 1. The molecule has 1 aliphatic rings. The Hall–Kier alpha value is -2.34. The Morgan fingerprint density at radius 1 is 1.33 bits per heavy atom. The average Bonchev–Trinajstić information content (AvgIpc) is 3.01. The highest BCUT2D eigenvalue weighted by atomic mass is 16.5. The van der Waals surface area contributed by atoms with Crippen LogP contribution in [-0.4, -0.2) is 42.1 Å². The lowest BCUT2D eigenvalue weighted by Crippen LogP contribution is -2.42. The molecule has 0 spiro atoms. The summed E-state index contributed by atoms with van der Waals surface area (Å²) in [6, 6.07) is 7.39. The standard InChI is InChI=1S/C18H22N2O4/c1-4-22-17-14(7-5-12(2)19-17)18(21)20-9-10-23-16(11-20)15-8-6-13(3)24-15/h5-8,16H,4,9-11H2,1-3H3. The summed E-state index contributed by atoms with van der Waals surface area (Å²) in [5.41, 5.74) is 1.31. The van der Waals surface area contributed by atoms with Gasteiger partial charge in [0, 0.05) is 12.2 Å². The summed E-state index contributed by atoms with van der Waals surface area (Å²) in [6.45, 7) is 7.57. The quantitative estimate of drug-likeness (QED) is 0.862. The third-order valence-electron chi connectivity index (χ3n) is 3.94. The summed E-state index contributed by atoms with van der Waals surface area (Å²) >= 11 is 0. The van der Waals surface area contributed by atoms with Crippen molar-refractivity contribution in [2.75, 3.05) is 26.3 Å². The Morgan fingerprint density at radius 3 is 2.88 bits per heavy atom. The fourth-order valence-corrected chi connectivity index (χ4v) is 2.75. The lowest BCUT2D eigenvalue weighted by Gasteiger charge is -2.32. The second-order valence-corrected chi connectivity index (χ2v) is 5.80. The molecule has 0 radical (unpaired) electrons. The van der Waals surface area contributed by atoms with E-state index in [1.54, 1.807) is 11.0 Å². The smallest absolute Gasteiger partial charge is 0.259 e. The van der Waals surface area contributed by atoms with Crippen LogP contribution in [0, 0.1) is 13.8 Å². The summed E-state index contributed by atoms with van der Waals surface area (Å²) in [7, 11) is 0. The molecule has 6 nitrogen and oxygen atoms in total. The molecule has 3 rings (SSSR count). The van der Waals surface area contributed by atoms with Gasteiger partial charge in [0.1, 0.15) is 23.2 Å². The van der Waals surface area contributed by atoms with Gasteiger partial charge in [-0.1, -0.05) is 0 Å². The third-order valence-corrected chi connectivity index (χ3v) is 3.94. The molecule has 0 aliphatic carbocycles. The molecule has 1 amide bonds. The van der Waals surface area contributed by atoms with Gasteiger partial charge in [-0.05, 0) is 45.0 Å². The van der Waals surface area contributed by atoms with E-state index in [9.17, 15) is 4.79 Å². The molecule has 0 N–H and O–H groups in total. The molecule has 0 aromatic carbocycles. The van der Waals surface area contributed by atoms with Crippen LogP contribution in [0.15, 0.2) is 28.7 Å². The minimum Gasteiger partial charge on any atom is -0.477 e. The number of carbonyl (C=O) groups is 1. The van der Waals surface area contributed by atoms with Gasteiger partial charge in [-0.15, -0.1) is 0 Å². The number of ether oxygens (including phenoxy) is 2. The second kappa shape index (κ2) is 7.05. The molecule has 1 fully saturated rings. The van der Waals surface area contributed by atoms with E-state index in [0.29, 0.717) is 37.7 Å². The first-order valence-corrected chi connectivity index (χ1v) is 8.16. The first-order valence-electron chi connectivity index (χ1n) is 8.16. The molecule has 1 unspecified atom stereocenters. The number of morpholine rings is 1. The summed E-state index contributed by atoms with van der Waals surface area (Å²) in [4.78, 5) is 19.0. The van der Waals surface area contributed by atoms with Crippen LogP contribution in [0.1, 0.15) is 40.6 Å². The molecule has 128 valence electrons. The molecule has 0 bridgehead atoms. The molecule has 2 aromatic heterocycles. The van der Waals surface area contributed by atoms with Crippen LogP contribution < -0.4 is 4.74 Å². The van der Waals surface area contributed by atoms with E-state index < -0.39 is 0 Å². The highest BCUT2D eigenvalue weighted by molar-refractivity contribution is 5.96. The Kier molecular flexibility index (Phi) is 4.85. The fourth-order valence-electron chi connectivity index (χ4n) is 2.75. The zero-order valence-corrected chi connectivity index (χ0v) is 14.2. The van der Waals surface area contributed by atoms with E-state index in [4.69, 9.17) is 13.9 Å². The Bertz CT molecular complexity index is 726. The molecule has 3 heterocycles. The van der Waals surface area contributed by atoms with Gasteiger partial charge in [-0.3, -0.25) is 4.79 Å². The zero-order chi connectivity index (χ0) is 17.1. The Labute approximate surface area is 141 Å². The zero-order valence-electron chi connectivity index (χ0n) is 14.2. The van der Waals surface area contributed by atoms with E-state index >= 15 is 0 Å². The van der Waals surface area contributed by atoms with Crippen molar-refractivity contribution in [3.8, 4) is 5.88 Å². The summed E-state index contributed by atoms with van der Waals surface area (Å²) in [5, 5.41) is 0. The first-order chi connectivity index (χ1) is 11.6. The van der Waals surface area contributed by atoms with Crippen LogP contribution in [0.2, 0.25) is 0 Å². The van der Waals surface area contributed by atoms with Crippen molar-refractivity contribution in [3.05, 3.63) is 47.0 Å².